The molecule has 0 saturated carbocycles. The molecule has 2 aliphatic rings. The van der Waals surface area contributed by atoms with Crippen LogP contribution in [0, 0.1) is 0 Å². The molecule has 0 aliphatic carbocycles. The zero-order valence-electron chi connectivity index (χ0n) is 15.0. The van der Waals surface area contributed by atoms with E-state index in [4.69, 9.17) is 23.7 Å². The van der Waals surface area contributed by atoms with Crippen LogP contribution < -0.4 is 0 Å². The Kier molecular flexibility index (Phi) is 7.39. The normalized spacial score (nSPS) is 33.3. The maximum Gasteiger partial charge on any atom is 0.184 e. The summed E-state index contributed by atoms with van der Waals surface area (Å²) in [4.78, 5) is 0. The molecule has 146 valence electrons. The molecule has 0 bridgehead atoms. The van der Waals surface area contributed by atoms with Crippen molar-refractivity contribution in [1.82, 2.24) is 0 Å². The van der Waals surface area contributed by atoms with E-state index in [2.05, 4.69) is 6.92 Å². The van der Waals surface area contributed by atoms with Gasteiger partial charge in [-0.15, -0.1) is 0 Å². The molecule has 2 N–H and O–H groups in total. The first-order valence-corrected chi connectivity index (χ1v) is 9.20. The summed E-state index contributed by atoms with van der Waals surface area (Å²) in [5, 5.41) is 19.6. The third-order valence-electron chi connectivity index (χ3n) is 4.70. The van der Waals surface area contributed by atoms with Crippen molar-refractivity contribution in [1.29, 1.82) is 0 Å². The molecule has 2 heterocycles. The fourth-order valence-electron chi connectivity index (χ4n) is 3.24. The number of benzene rings is 1. The Morgan fingerprint density at radius 3 is 2.73 bits per heavy atom. The lowest BCUT2D eigenvalue weighted by Crippen LogP contribution is -2.55. The van der Waals surface area contributed by atoms with Crippen molar-refractivity contribution >= 4 is 0 Å². The Labute approximate surface area is 153 Å². The number of aliphatic hydroxyl groups excluding tert-OH is 2. The molecule has 26 heavy (non-hydrogen) atoms. The van der Waals surface area contributed by atoms with Gasteiger partial charge in [0.1, 0.15) is 37.3 Å². The smallest absolute Gasteiger partial charge is 0.184 e. The number of fused-ring (bicyclic) bond motifs is 1. The van der Waals surface area contributed by atoms with Crippen LogP contribution in [0.3, 0.4) is 0 Å². The van der Waals surface area contributed by atoms with Crippen LogP contribution in [0.2, 0.25) is 0 Å². The quantitative estimate of drug-likeness (QED) is 0.703. The van der Waals surface area contributed by atoms with E-state index in [0.29, 0.717) is 13.2 Å². The largest absolute Gasteiger partial charge is 0.394 e. The predicted molar refractivity (Wildman–Crippen MR) is 92.4 cm³/mol. The van der Waals surface area contributed by atoms with E-state index in [9.17, 15) is 10.2 Å². The second-order valence-electron chi connectivity index (χ2n) is 6.57. The van der Waals surface area contributed by atoms with Crippen molar-refractivity contribution in [2.75, 3.05) is 26.6 Å². The molecule has 7 nitrogen and oxygen atoms in total. The van der Waals surface area contributed by atoms with Gasteiger partial charge in [0.15, 0.2) is 6.29 Å². The van der Waals surface area contributed by atoms with Gasteiger partial charge in [0.25, 0.3) is 0 Å². The van der Waals surface area contributed by atoms with Crippen molar-refractivity contribution in [3.8, 4) is 0 Å². The van der Waals surface area contributed by atoms with Crippen molar-refractivity contribution < 1.29 is 33.9 Å². The molecule has 2 fully saturated rings. The Balaban J connectivity index is 1.79. The van der Waals surface area contributed by atoms with Crippen LogP contribution in [0.4, 0.5) is 0 Å². The number of aliphatic hydroxyl groups is 2. The maximum absolute atomic E-state index is 10.2. The second kappa shape index (κ2) is 9.75. The van der Waals surface area contributed by atoms with Gasteiger partial charge in [0.2, 0.25) is 0 Å². The zero-order valence-corrected chi connectivity index (χ0v) is 15.0. The predicted octanol–water partition coefficient (Wildman–Crippen LogP) is 1.38. The minimum absolute atomic E-state index is 0.0146. The van der Waals surface area contributed by atoms with Gasteiger partial charge in [-0.25, -0.2) is 0 Å². The zero-order chi connectivity index (χ0) is 18.4. The lowest BCUT2D eigenvalue weighted by molar-refractivity contribution is -0.284. The van der Waals surface area contributed by atoms with Crippen molar-refractivity contribution in [2.24, 2.45) is 0 Å². The van der Waals surface area contributed by atoms with Crippen molar-refractivity contribution in [3.63, 3.8) is 0 Å². The van der Waals surface area contributed by atoms with E-state index in [1.165, 1.54) is 0 Å². The third kappa shape index (κ3) is 4.61. The van der Waals surface area contributed by atoms with E-state index in [0.717, 1.165) is 18.4 Å². The summed E-state index contributed by atoms with van der Waals surface area (Å²) in [5.41, 5.74) is 0.905. The van der Waals surface area contributed by atoms with E-state index >= 15 is 0 Å². The summed E-state index contributed by atoms with van der Waals surface area (Å²) in [6.07, 6.45) is -1.88. The molecule has 1 aromatic rings. The average Bonchev–Trinajstić information content (AvgIpc) is 2.87. The van der Waals surface area contributed by atoms with Gasteiger partial charge >= 0.3 is 0 Å². The molecule has 0 amide bonds. The van der Waals surface area contributed by atoms with Crippen LogP contribution in [0.5, 0.6) is 0 Å². The van der Waals surface area contributed by atoms with Gasteiger partial charge in [0.05, 0.1) is 13.2 Å². The highest BCUT2D eigenvalue weighted by Gasteiger charge is 2.47. The molecule has 2 aliphatic heterocycles. The molecule has 3 rings (SSSR count). The fourth-order valence-corrected chi connectivity index (χ4v) is 3.24. The SMILES string of the molecule is CCCCO[C@@H]1[C@@H]([C@@H](O)CO)OCO[C@@H]2COC(c3ccccc3)O[C@@H]12. The van der Waals surface area contributed by atoms with Crippen molar-refractivity contribution in [2.45, 2.75) is 56.6 Å². The highest BCUT2D eigenvalue weighted by molar-refractivity contribution is 5.16. The average molecular weight is 368 g/mol. The summed E-state index contributed by atoms with van der Waals surface area (Å²) in [5.74, 6) is 0. The summed E-state index contributed by atoms with van der Waals surface area (Å²) in [7, 11) is 0. The molecule has 0 aromatic heterocycles. The number of hydrogen-bond acceptors (Lipinski definition) is 7. The first-order chi connectivity index (χ1) is 12.7. The van der Waals surface area contributed by atoms with Crippen LogP contribution in [0.25, 0.3) is 0 Å². The number of hydrogen-bond donors (Lipinski definition) is 2. The van der Waals surface area contributed by atoms with Crippen molar-refractivity contribution in [3.05, 3.63) is 35.9 Å². The van der Waals surface area contributed by atoms with E-state index < -0.39 is 37.3 Å². The first-order valence-electron chi connectivity index (χ1n) is 9.20. The number of ether oxygens (including phenoxy) is 5. The first kappa shape index (κ1) is 19.7. The number of unbranched alkanes of at least 4 members (excludes halogenated alkanes) is 1. The number of rotatable bonds is 7. The highest BCUT2D eigenvalue weighted by atomic mass is 16.8. The van der Waals surface area contributed by atoms with Gasteiger partial charge < -0.3 is 33.9 Å². The van der Waals surface area contributed by atoms with Crippen LogP contribution in [0.15, 0.2) is 30.3 Å². The summed E-state index contributed by atoms with van der Waals surface area (Å²) < 4.78 is 29.4. The molecule has 6 atom stereocenters. The minimum atomic E-state index is -1.08. The Morgan fingerprint density at radius 1 is 1.19 bits per heavy atom. The van der Waals surface area contributed by atoms with Crippen LogP contribution >= 0.6 is 0 Å². The Hall–Kier alpha value is -1.06. The highest BCUT2D eigenvalue weighted by Crippen LogP contribution is 2.33. The maximum atomic E-state index is 10.2. The molecular weight excluding hydrogens is 340 g/mol. The third-order valence-corrected chi connectivity index (χ3v) is 4.70. The molecule has 2 saturated heterocycles. The fraction of sp³-hybridized carbons (Fsp3) is 0.684. The standard InChI is InChI=1S/C19H28O7/c1-2-3-9-22-18-16(14(21)10-20)25-12-24-15-11-23-19(26-17(15)18)13-7-5-4-6-8-13/h4-8,14-21H,2-3,9-12H2,1H3/t14-,15+,16+,17+,18+,19?/m0/s1. The Bertz CT molecular complexity index is 526. The monoisotopic (exact) mass is 368 g/mol. The molecule has 0 radical (unpaired) electrons. The second-order valence-corrected chi connectivity index (χ2v) is 6.57. The van der Waals surface area contributed by atoms with Crippen LogP contribution in [-0.2, 0) is 23.7 Å². The topological polar surface area (TPSA) is 86.6 Å². The van der Waals surface area contributed by atoms with Gasteiger partial charge in [-0.1, -0.05) is 43.7 Å². The summed E-state index contributed by atoms with van der Waals surface area (Å²) in [6.45, 7) is 2.49. The Morgan fingerprint density at radius 2 is 2.00 bits per heavy atom. The minimum Gasteiger partial charge on any atom is -0.394 e. The van der Waals surface area contributed by atoms with Gasteiger partial charge in [0, 0.05) is 12.2 Å². The van der Waals surface area contributed by atoms with E-state index in [-0.39, 0.29) is 12.9 Å². The van der Waals surface area contributed by atoms with E-state index in [1.54, 1.807) is 0 Å². The molecular formula is C19H28O7. The van der Waals surface area contributed by atoms with Gasteiger partial charge in [-0.2, -0.15) is 0 Å². The summed E-state index contributed by atoms with van der Waals surface area (Å²) >= 11 is 0. The molecule has 7 heteroatoms. The van der Waals surface area contributed by atoms with Gasteiger partial charge in [-0.3, -0.25) is 0 Å². The summed E-state index contributed by atoms with van der Waals surface area (Å²) in [6, 6.07) is 9.66. The van der Waals surface area contributed by atoms with E-state index in [1.807, 2.05) is 30.3 Å². The van der Waals surface area contributed by atoms with Gasteiger partial charge in [-0.05, 0) is 6.42 Å². The van der Waals surface area contributed by atoms with Crippen LogP contribution in [-0.4, -0.2) is 67.3 Å². The lowest BCUT2D eigenvalue weighted by Gasteiger charge is -2.40. The molecule has 1 aromatic carbocycles. The molecule has 1 unspecified atom stereocenters. The lowest BCUT2D eigenvalue weighted by atomic mass is 9.98. The molecule has 0 spiro atoms. The van der Waals surface area contributed by atoms with Crippen LogP contribution in [0.1, 0.15) is 31.6 Å².